The molecule has 4 heteroatoms. The molecule has 4 nitrogen and oxygen atoms in total. The van der Waals surface area contributed by atoms with E-state index in [1.807, 2.05) is 6.07 Å². The molecule has 1 aromatic carbocycles. The molecule has 0 amide bonds. The minimum atomic E-state index is -0.674. The van der Waals surface area contributed by atoms with Crippen molar-refractivity contribution in [2.75, 3.05) is 6.61 Å². The number of ether oxygens (including phenoxy) is 1. The normalized spacial score (nSPS) is 44.6. The minimum Gasteiger partial charge on any atom is -0.465 e. The zero-order valence-corrected chi connectivity index (χ0v) is 28.0. The second-order valence-electron chi connectivity index (χ2n) is 17.6. The van der Waals surface area contributed by atoms with Crippen molar-refractivity contribution in [2.45, 2.75) is 131 Å². The second kappa shape index (κ2) is 10.4. The standard InChI is InChI=1S/C39H58O4/c1-34(2)19-21-39(33(42)43-23-11-14-26-12-9-8-10-13-26)22-20-37(6)27(28(39)24-34)15-16-31-36(5)25-29(40)32(41)35(3,4)30(36)17-18-38(31,37)7/h8-10,12-13,15,28-32,40-41H,11,14,16-25H2,1-7H3/t28-,29+,30-,31+,32-,36-,37+,38+,39-/m0/s1. The first-order valence-electron chi connectivity index (χ1n) is 17.4. The summed E-state index contributed by atoms with van der Waals surface area (Å²) in [6, 6.07) is 10.5. The molecule has 0 aromatic heterocycles. The van der Waals surface area contributed by atoms with Crippen LogP contribution < -0.4 is 0 Å². The average Bonchev–Trinajstić information content (AvgIpc) is 2.94. The van der Waals surface area contributed by atoms with Gasteiger partial charge in [-0.25, -0.2) is 0 Å². The van der Waals surface area contributed by atoms with Crippen molar-refractivity contribution in [3.63, 3.8) is 0 Å². The molecule has 4 saturated carbocycles. The molecule has 5 aliphatic rings. The van der Waals surface area contributed by atoms with E-state index in [1.165, 1.54) is 5.56 Å². The molecule has 5 aliphatic carbocycles. The van der Waals surface area contributed by atoms with Crippen LogP contribution in [0.2, 0.25) is 0 Å². The fourth-order valence-electron chi connectivity index (χ4n) is 12.0. The van der Waals surface area contributed by atoms with Gasteiger partial charge < -0.3 is 14.9 Å². The van der Waals surface area contributed by atoms with Crippen molar-refractivity contribution >= 4 is 5.97 Å². The van der Waals surface area contributed by atoms with E-state index in [9.17, 15) is 15.0 Å². The molecule has 4 fully saturated rings. The van der Waals surface area contributed by atoms with Crippen LogP contribution in [0.15, 0.2) is 42.0 Å². The quantitative estimate of drug-likeness (QED) is 0.206. The predicted molar refractivity (Wildman–Crippen MR) is 172 cm³/mol. The molecule has 2 N–H and O–H groups in total. The van der Waals surface area contributed by atoms with Gasteiger partial charge >= 0.3 is 5.97 Å². The molecule has 0 radical (unpaired) electrons. The number of hydrogen-bond acceptors (Lipinski definition) is 4. The highest BCUT2D eigenvalue weighted by Crippen LogP contribution is 2.75. The Kier molecular flexibility index (Phi) is 7.61. The van der Waals surface area contributed by atoms with E-state index in [0.717, 1.165) is 64.2 Å². The molecule has 0 saturated heterocycles. The van der Waals surface area contributed by atoms with Crippen molar-refractivity contribution in [1.29, 1.82) is 0 Å². The fraction of sp³-hybridized carbons (Fsp3) is 0.769. The predicted octanol–water partition coefficient (Wildman–Crippen LogP) is 8.30. The third-order valence-electron chi connectivity index (χ3n) is 14.7. The van der Waals surface area contributed by atoms with Crippen molar-refractivity contribution in [3.8, 4) is 0 Å². The molecule has 0 aliphatic heterocycles. The van der Waals surface area contributed by atoms with Crippen molar-refractivity contribution in [3.05, 3.63) is 47.5 Å². The SMILES string of the molecule is CC1(C)CC[C@]2(C(=O)OCCCc3ccccc3)CC[C@]3(C)C(=CC[C@@H]4[C@@]5(C)C[C@@H](O)[C@H](O)C(C)(C)[C@@H]5CC[C@]43C)[C@@H]2C1. The molecule has 0 spiro atoms. The number of fused-ring (bicyclic) bond motifs is 7. The lowest BCUT2D eigenvalue weighted by molar-refractivity contribution is -0.232. The van der Waals surface area contributed by atoms with Gasteiger partial charge in [-0.15, -0.1) is 0 Å². The van der Waals surface area contributed by atoms with E-state index in [4.69, 9.17) is 4.74 Å². The summed E-state index contributed by atoms with van der Waals surface area (Å²) in [5.41, 5.74) is 2.41. The van der Waals surface area contributed by atoms with E-state index in [1.54, 1.807) is 5.57 Å². The number of allylic oxidation sites excluding steroid dienone is 2. The maximum atomic E-state index is 14.2. The van der Waals surface area contributed by atoms with Gasteiger partial charge in [-0.3, -0.25) is 4.79 Å². The Morgan fingerprint density at radius 2 is 1.58 bits per heavy atom. The average molecular weight is 591 g/mol. The van der Waals surface area contributed by atoms with E-state index < -0.39 is 17.6 Å². The summed E-state index contributed by atoms with van der Waals surface area (Å²) in [5, 5.41) is 22.2. The fourth-order valence-corrected chi connectivity index (χ4v) is 12.0. The number of esters is 1. The number of rotatable bonds is 5. The summed E-state index contributed by atoms with van der Waals surface area (Å²) in [6.45, 7) is 17.2. The van der Waals surface area contributed by atoms with Crippen LogP contribution in [0.3, 0.4) is 0 Å². The van der Waals surface area contributed by atoms with Crippen molar-refractivity contribution in [2.24, 2.45) is 50.2 Å². The van der Waals surface area contributed by atoms with Crippen molar-refractivity contribution in [1.82, 2.24) is 0 Å². The highest BCUT2D eigenvalue weighted by molar-refractivity contribution is 5.78. The lowest BCUT2D eigenvalue weighted by Crippen LogP contribution is -2.67. The van der Waals surface area contributed by atoms with Gasteiger partial charge in [-0.05, 0) is 121 Å². The number of aliphatic hydroxyl groups excluding tert-OH is 2. The van der Waals surface area contributed by atoms with Crippen molar-refractivity contribution < 1.29 is 19.7 Å². The third-order valence-corrected chi connectivity index (χ3v) is 14.7. The molecule has 0 bridgehead atoms. The van der Waals surface area contributed by atoms with Crippen LogP contribution in [0.5, 0.6) is 0 Å². The van der Waals surface area contributed by atoms with E-state index in [2.05, 4.69) is 78.8 Å². The monoisotopic (exact) mass is 590 g/mol. The van der Waals surface area contributed by atoms with Gasteiger partial charge in [0.25, 0.3) is 0 Å². The van der Waals surface area contributed by atoms with Crippen LogP contribution in [-0.2, 0) is 16.0 Å². The number of benzene rings is 1. The van der Waals surface area contributed by atoms with E-state index in [0.29, 0.717) is 24.9 Å². The summed E-state index contributed by atoms with van der Waals surface area (Å²) in [7, 11) is 0. The summed E-state index contributed by atoms with van der Waals surface area (Å²) >= 11 is 0. The number of aliphatic hydroxyl groups is 2. The van der Waals surface area contributed by atoms with Gasteiger partial charge in [-0.2, -0.15) is 0 Å². The number of carbonyl (C=O) groups excluding carboxylic acids is 1. The highest BCUT2D eigenvalue weighted by atomic mass is 16.5. The lowest BCUT2D eigenvalue weighted by Gasteiger charge is -2.71. The van der Waals surface area contributed by atoms with Gasteiger partial charge in [0.1, 0.15) is 0 Å². The van der Waals surface area contributed by atoms with Crippen LogP contribution in [-0.4, -0.2) is 35.0 Å². The minimum absolute atomic E-state index is 0.0181. The van der Waals surface area contributed by atoms with E-state index >= 15 is 0 Å². The Balaban J connectivity index is 1.30. The van der Waals surface area contributed by atoms with Gasteiger partial charge in [0.15, 0.2) is 0 Å². The Bertz CT molecular complexity index is 1250. The smallest absolute Gasteiger partial charge is 0.312 e. The summed E-state index contributed by atoms with van der Waals surface area (Å²) in [6.07, 6.45) is 11.9. The zero-order chi connectivity index (χ0) is 31.1. The molecule has 6 rings (SSSR count). The Labute approximate surface area is 261 Å². The maximum absolute atomic E-state index is 14.2. The Morgan fingerprint density at radius 1 is 0.884 bits per heavy atom. The molecule has 0 unspecified atom stereocenters. The van der Waals surface area contributed by atoms with Crippen LogP contribution >= 0.6 is 0 Å². The van der Waals surface area contributed by atoms with Gasteiger partial charge in [0, 0.05) is 0 Å². The number of carbonyl (C=O) groups is 1. The molecule has 9 atom stereocenters. The zero-order valence-electron chi connectivity index (χ0n) is 28.0. The second-order valence-corrected chi connectivity index (χ2v) is 17.6. The lowest BCUT2D eigenvalue weighted by atomic mass is 9.33. The molecule has 1 aromatic rings. The summed E-state index contributed by atoms with van der Waals surface area (Å²) < 4.78 is 6.19. The van der Waals surface area contributed by atoms with Gasteiger partial charge in [-0.1, -0.05) is 90.4 Å². The molecular formula is C39H58O4. The van der Waals surface area contributed by atoms with Crippen LogP contribution in [0.1, 0.15) is 118 Å². The van der Waals surface area contributed by atoms with Crippen LogP contribution in [0.25, 0.3) is 0 Å². The number of hydrogen-bond donors (Lipinski definition) is 2. The highest BCUT2D eigenvalue weighted by Gasteiger charge is 2.70. The van der Waals surface area contributed by atoms with Gasteiger partial charge in [0.05, 0.1) is 24.2 Å². The third kappa shape index (κ3) is 4.62. The van der Waals surface area contributed by atoms with Crippen LogP contribution in [0, 0.1) is 50.2 Å². The van der Waals surface area contributed by atoms with E-state index in [-0.39, 0.29) is 39.0 Å². The van der Waals surface area contributed by atoms with Crippen LogP contribution in [0.4, 0.5) is 0 Å². The van der Waals surface area contributed by atoms with Gasteiger partial charge in [0.2, 0.25) is 0 Å². The first-order chi connectivity index (χ1) is 20.1. The topological polar surface area (TPSA) is 66.8 Å². The first kappa shape index (κ1) is 31.3. The molecule has 238 valence electrons. The molecular weight excluding hydrogens is 532 g/mol. The first-order valence-corrected chi connectivity index (χ1v) is 17.4. The Morgan fingerprint density at radius 3 is 2.30 bits per heavy atom. The number of aryl methyl sites for hydroxylation is 1. The largest absolute Gasteiger partial charge is 0.465 e. The molecule has 43 heavy (non-hydrogen) atoms. The Hall–Kier alpha value is -1.65. The summed E-state index contributed by atoms with van der Waals surface area (Å²) in [4.78, 5) is 14.2. The molecule has 0 heterocycles. The maximum Gasteiger partial charge on any atom is 0.312 e. The summed E-state index contributed by atoms with van der Waals surface area (Å²) in [5.74, 6) is 1.12.